The third kappa shape index (κ3) is 4.07. The molecule has 0 bridgehead atoms. The average Bonchev–Trinajstić information content (AvgIpc) is 3.51. The monoisotopic (exact) mass is 473 g/mol. The standard InChI is InChI=1S/C25H27N7OS/c1-15-5-7-19(8-6-15)23-22-16(2)17(3)34-25(22)32-18(4)29-30-24(32)20(28-23)13-21(33)27-10-12-31-11-9-26-14-31/h5-9,11,14,20H,10,12-13H2,1-4H3,(H,27,33)/t20-/m0/s1. The van der Waals surface area contributed by atoms with E-state index in [2.05, 4.69) is 70.1 Å². The Kier molecular flexibility index (Phi) is 5.87. The van der Waals surface area contributed by atoms with Crippen LogP contribution in [0.4, 0.5) is 0 Å². The smallest absolute Gasteiger partial charge is 0.222 e. The Labute approximate surface area is 202 Å². The third-order valence-electron chi connectivity index (χ3n) is 6.19. The zero-order valence-electron chi connectivity index (χ0n) is 19.7. The second kappa shape index (κ2) is 8.98. The molecular weight excluding hydrogens is 446 g/mol. The Balaban J connectivity index is 1.52. The van der Waals surface area contributed by atoms with Crippen LogP contribution in [0.2, 0.25) is 0 Å². The highest BCUT2D eigenvalue weighted by molar-refractivity contribution is 7.15. The van der Waals surface area contributed by atoms with E-state index in [1.54, 1.807) is 23.9 Å². The fraction of sp³-hybridized carbons (Fsp3) is 0.320. The van der Waals surface area contributed by atoms with E-state index >= 15 is 0 Å². The molecule has 0 saturated carbocycles. The molecule has 5 rings (SSSR count). The summed E-state index contributed by atoms with van der Waals surface area (Å²) in [5, 5.41) is 12.9. The summed E-state index contributed by atoms with van der Waals surface area (Å²) in [5.41, 5.74) is 5.42. The highest BCUT2D eigenvalue weighted by atomic mass is 32.1. The number of aromatic nitrogens is 5. The fourth-order valence-corrected chi connectivity index (χ4v) is 5.44. The predicted molar refractivity (Wildman–Crippen MR) is 133 cm³/mol. The molecule has 0 fully saturated rings. The Morgan fingerprint density at radius 2 is 1.91 bits per heavy atom. The number of nitrogens with one attached hydrogen (secondary N) is 1. The minimum atomic E-state index is -0.440. The minimum absolute atomic E-state index is 0.0671. The lowest BCUT2D eigenvalue weighted by Crippen LogP contribution is -2.28. The Hall–Kier alpha value is -3.59. The SMILES string of the molecule is Cc1ccc(C2=N[C@@H](CC(=O)NCCn3ccnc3)c3nnc(C)n3-c3sc(C)c(C)c32)cc1. The maximum absolute atomic E-state index is 12.9. The largest absolute Gasteiger partial charge is 0.354 e. The lowest BCUT2D eigenvalue weighted by molar-refractivity contribution is -0.121. The molecule has 1 aromatic carbocycles. The van der Waals surface area contributed by atoms with Crippen molar-refractivity contribution in [2.75, 3.05) is 6.54 Å². The number of benzene rings is 1. The van der Waals surface area contributed by atoms with Gasteiger partial charge in [0.1, 0.15) is 16.9 Å². The molecule has 1 aliphatic rings. The minimum Gasteiger partial charge on any atom is -0.354 e. The van der Waals surface area contributed by atoms with Crippen LogP contribution in [-0.4, -0.2) is 42.5 Å². The van der Waals surface area contributed by atoms with Gasteiger partial charge >= 0.3 is 0 Å². The average molecular weight is 474 g/mol. The van der Waals surface area contributed by atoms with Gasteiger partial charge in [-0.1, -0.05) is 29.8 Å². The Morgan fingerprint density at radius 1 is 1.12 bits per heavy atom. The molecule has 0 saturated heterocycles. The fourth-order valence-electron chi connectivity index (χ4n) is 4.23. The third-order valence-corrected chi connectivity index (χ3v) is 7.39. The lowest BCUT2D eigenvalue weighted by atomic mass is 9.99. The van der Waals surface area contributed by atoms with Crippen LogP contribution in [0.25, 0.3) is 5.00 Å². The second-order valence-corrected chi connectivity index (χ2v) is 9.82. The van der Waals surface area contributed by atoms with Crippen LogP contribution in [0, 0.1) is 27.7 Å². The van der Waals surface area contributed by atoms with Gasteiger partial charge in [-0.3, -0.25) is 14.4 Å². The maximum Gasteiger partial charge on any atom is 0.222 e. The summed E-state index contributed by atoms with van der Waals surface area (Å²) in [4.78, 5) is 23.4. The van der Waals surface area contributed by atoms with Gasteiger partial charge in [0.15, 0.2) is 5.82 Å². The van der Waals surface area contributed by atoms with Crippen LogP contribution in [-0.2, 0) is 11.3 Å². The first-order chi connectivity index (χ1) is 16.4. The summed E-state index contributed by atoms with van der Waals surface area (Å²) >= 11 is 1.72. The Bertz CT molecular complexity index is 1360. The number of nitrogens with zero attached hydrogens (tertiary/aromatic N) is 6. The first kappa shape index (κ1) is 22.2. The molecule has 0 aliphatic carbocycles. The van der Waals surface area contributed by atoms with E-state index in [0.29, 0.717) is 18.9 Å². The molecular formula is C25H27N7OS. The molecule has 1 N–H and O–H groups in total. The topological polar surface area (TPSA) is 90.0 Å². The van der Waals surface area contributed by atoms with Crippen LogP contribution < -0.4 is 5.32 Å². The first-order valence-corrected chi connectivity index (χ1v) is 12.1. The van der Waals surface area contributed by atoms with Crippen LogP contribution >= 0.6 is 11.3 Å². The van der Waals surface area contributed by atoms with Crippen molar-refractivity contribution in [1.82, 2.24) is 29.6 Å². The second-order valence-electron chi connectivity index (χ2n) is 8.62. The summed E-state index contributed by atoms with van der Waals surface area (Å²) in [6, 6.07) is 7.96. The van der Waals surface area contributed by atoms with E-state index in [-0.39, 0.29) is 12.3 Å². The molecule has 8 nitrogen and oxygen atoms in total. The Morgan fingerprint density at radius 3 is 2.65 bits per heavy atom. The zero-order valence-corrected chi connectivity index (χ0v) is 20.6. The molecule has 3 aromatic heterocycles. The number of carbonyl (C=O) groups is 1. The summed E-state index contributed by atoms with van der Waals surface area (Å²) in [5.74, 6) is 1.43. The summed E-state index contributed by atoms with van der Waals surface area (Å²) in [7, 11) is 0. The van der Waals surface area contributed by atoms with Crippen molar-refractivity contribution in [1.29, 1.82) is 0 Å². The highest BCUT2D eigenvalue weighted by Crippen LogP contribution is 2.39. The molecule has 4 aromatic rings. The van der Waals surface area contributed by atoms with E-state index in [9.17, 15) is 4.79 Å². The summed E-state index contributed by atoms with van der Waals surface area (Å²) < 4.78 is 4.01. The van der Waals surface area contributed by atoms with Crippen LogP contribution in [0.5, 0.6) is 0 Å². The van der Waals surface area contributed by atoms with E-state index in [1.807, 2.05) is 17.7 Å². The molecule has 34 heavy (non-hydrogen) atoms. The number of aliphatic imine (C=N–C) groups is 1. The molecule has 4 heterocycles. The number of hydrogen-bond donors (Lipinski definition) is 1. The van der Waals surface area contributed by atoms with Gasteiger partial charge in [-0.05, 0) is 33.3 Å². The van der Waals surface area contributed by atoms with Crippen molar-refractivity contribution in [2.45, 2.75) is 46.7 Å². The van der Waals surface area contributed by atoms with Gasteiger partial charge in [-0.15, -0.1) is 21.5 Å². The van der Waals surface area contributed by atoms with Gasteiger partial charge < -0.3 is 9.88 Å². The van der Waals surface area contributed by atoms with E-state index in [0.717, 1.165) is 27.7 Å². The van der Waals surface area contributed by atoms with Crippen LogP contribution in [0.1, 0.15) is 51.2 Å². The molecule has 0 spiro atoms. The number of hydrogen-bond acceptors (Lipinski definition) is 6. The summed E-state index contributed by atoms with van der Waals surface area (Å²) in [6.07, 6.45) is 5.55. The highest BCUT2D eigenvalue weighted by Gasteiger charge is 2.32. The normalized spacial score (nSPS) is 14.8. The molecule has 1 amide bonds. The number of imidazole rings is 1. The van der Waals surface area contributed by atoms with E-state index in [4.69, 9.17) is 4.99 Å². The number of fused-ring (bicyclic) bond motifs is 3. The van der Waals surface area contributed by atoms with Gasteiger partial charge in [-0.25, -0.2) is 4.98 Å². The zero-order chi connectivity index (χ0) is 23.8. The number of rotatable bonds is 6. The van der Waals surface area contributed by atoms with Gasteiger partial charge in [0.05, 0.1) is 18.5 Å². The van der Waals surface area contributed by atoms with E-state index < -0.39 is 6.04 Å². The van der Waals surface area contributed by atoms with Crippen LogP contribution in [0.3, 0.4) is 0 Å². The molecule has 0 radical (unpaired) electrons. The van der Waals surface area contributed by atoms with Crippen LogP contribution in [0.15, 0.2) is 48.0 Å². The number of aryl methyl sites for hydroxylation is 3. The number of carbonyl (C=O) groups excluding carboxylic acids is 1. The van der Waals surface area contributed by atoms with Crippen molar-refractivity contribution < 1.29 is 4.79 Å². The van der Waals surface area contributed by atoms with Crippen molar-refractivity contribution in [3.63, 3.8) is 0 Å². The number of amides is 1. The van der Waals surface area contributed by atoms with Gasteiger partial charge in [-0.2, -0.15) is 0 Å². The molecule has 1 aliphatic heterocycles. The van der Waals surface area contributed by atoms with Crippen molar-refractivity contribution in [3.05, 3.63) is 81.8 Å². The predicted octanol–water partition coefficient (Wildman–Crippen LogP) is 3.86. The van der Waals surface area contributed by atoms with Gasteiger partial charge in [0, 0.05) is 41.5 Å². The maximum atomic E-state index is 12.9. The van der Waals surface area contributed by atoms with Gasteiger partial charge in [0.25, 0.3) is 0 Å². The van der Waals surface area contributed by atoms with E-state index in [1.165, 1.54) is 16.0 Å². The molecule has 0 unspecified atom stereocenters. The lowest BCUT2D eigenvalue weighted by Gasteiger charge is -2.13. The number of thiophene rings is 1. The van der Waals surface area contributed by atoms with Crippen molar-refractivity contribution in [2.24, 2.45) is 4.99 Å². The van der Waals surface area contributed by atoms with Gasteiger partial charge in [0.2, 0.25) is 5.91 Å². The quantitative estimate of drug-likeness (QED) is 0.460. The summed E-state index contributed by atoms with van der Waals surface area (Å²) in [6.45, 7) is 9.48. The molecule has 9 heteroatoms. The molecule has 174 valence electrons. The first-order valence-electron chi connectivity index (χ1n) is 11.3. The molecule has 1 atom stereocenters. The van der Waals surface area contributed by atoms with Crippen molar-refractivity contribution >= 4 is 23.0 Å². The van der Waals surface area contributed by atoms with Crippen molar-refractivity contribution in [3.8, 4) is 5.00 Å².